The Morgan fingerprint density at radius 3 is 3.00 bits per heavy atom. The van der Waals surface area contributed by atoms with Crippen molar-refractivity contribution in [1.82, 2.24) is 0 Å². The summed E-state index contributed by atoms with van der Waals surface area (Å²) in [5.41, 5.74) is 1.81. The molecule has 0 aliphatic carbocycles. The molecule has 1 amide bonds. The number of aliphatic hydroxyl groups is 1. The highest BCUT2D eigenvalue weighted by molar-refractivity contribution is 8.00. The number of benzene rings is 1. The number of thioether (sulfide) groups is 1. The minimum absolute atomic E-state index is 0.0199. The Morgan fingerprint density at radius 2 is 2.31 bits per heavy atom. The lowest BCUT2D eigenvalue weighted by Crippen LogP contribution is -2.35. The maximum atomic E-state index is 11.8. The fraction of sp³-hybridized carbons (Fsp3) is 0.417. The Balaban J connectivity index is 2.39. The van der Waals surface area contributed by atoms with Gasteiger partial charge in [-0.2, -0.15) is 0 Å². The van der Waals surface area contributed by atoms with Crippen molar-refractivity contribution in [3.63, 3.8) is 0 Å². The summed E-state index contributed by atoms with van der Waals surface area (Å²) in [6.45, 7) is 2.83. The van der Waals surface area contributed by atoms with E-state index in [4.69, 9.17) is 5.11 Å². The lowest BCUT2D eigenvalue weighted by Gasteiger charge is -2.29. The number of carbonyl (C=O) groups excluding carboxylic acids is 1. The van der Waals surface area contributed by atoms with Gasteiger partial charge >= 0.3 is 0 Å². The first-order valence-electron chi connectivity index (χ1n) is 5.43. The van der Waals surface area contributed by atoms with E-state index in [9.17, 15) is 4.79 Å². The van der Waals surface area contributed by atoms with Gasteiger partial charge in [0.25, 0.3) is 0 Å². The van der Waals surface area contributed by atoms with Crippen molar-refractivity contribution in [2.24, 2.45) is 0 Å². The molecule has 4 heteroatoms. The van der Waals surface area contributed by atoms with Crippen LogP contribution in [0.1, 0.15) is 18.9 Å². The third-order valence-corrected chi connectivity index (χ3v) is 3.64. The summed E-state index contributed by atoms with van der Waals surface area (Å²) < 4.78 is 0. The average molecular weight is 237 g/mol. The summed E-state index contributed by atoms with van der Waals surface area (Å²) in [5.74, 6) is 0.681. The van der Waals surface area contributed by atoms with Crippen LogP contribution in [0, 0.1) is 0 Å². The highest BCUT2D eigenvalue weighted by Gasteiger charge is 2.23. The molecule has 0 spiro atoms. The second kappa shape index (κ2) is 4.89. The van der Waals surface area contributed by atoms with Crippen molar-refractivity contribution in [3.05, 3.63) is 23.8 Å². The molecule has 0 bridgehead atoms. The van der Waals surface area contributed by atoms with Gasteiger partial charge in [0.05, 0.1) is 18.0 Å². The van der Waals surface area contributed by atoms with E-state index < -0.39 is 0 Å². The minimum atomic E-state index is 0.0199. The molecule has 1 aromatic rings. The number of fused-ring (bicyclic) bond motifs is 1. The molecule has 86 valence electrons. The fourth-order valence-electron chi connectivity index (χ4n) is 1.81. The molecule has 1 aliphatic heterocycles. The molecular weight excluding hydrogens is 222 g/mol. The van der Waals surface area contributed by atoms with E-state index in [-0.39, 0.29) is 12.5 Å². The molecule has 1 heterocycles. The predicted molar refractivity (Wildman–Crippen MR) is 65.7 cm³/mol. The number of rotatable bonds is 3. The highest BCUT2D eigenvalue weighted by Crippen LogP contribution is 2.35. The van der Waals surface area contributed by atoms with E-state index >= 15 is 0 Å². The molecule has 0 radical (unpaired) electrons. The van der Waals surface area contributed by atoms with Crippen LogP contribution in [0.25, 0.3) is 0 Å². The Labute approximate surface area is 99.5 Å². The van der Waals surface area contributed by atoms with Gasteiger partial charge in [-0.1, -0.05) is 13.0 Å². The van der Waals surface area contributed by atoms with Gasteiger partial charge < -0.3 is 10.0 Å². The minimum Gasteiger partial charge on any atom is -0.392 e. The zero-order valence-electron chi connectivity index (χ0n) is 9.27. The number of aliphatic hydroxyl groups excluding tert-OH is 1. The van der Waals surface area contributed by atoms with Gasteiger partial charge in [0.2, 0.25) is 5.91 Å². The summed E-state index contributed by atoms with van der Waals surface area (Å²) in [6, 6.07) is 5.81. The molecule has 1 aliphatic rings. The Kier molecular flexibility index (Phi) is 3.51. The number of hydrogen-bond acceptors (Lipinski definition) is 3. The smallest absolute Gasteiger partial charge is 0.237 e. The zero-order valence-corrected chi connectivity index (χ0v) is 10.1. The van der Waals surface area contributed by atoms with Crippen LogP contribution in [0.5, 0.6) is 0 Å². The van der Waals surface area contributed by atoms with E-state index in [0.717, 1.165) is 29.1 Å². The third-order valence-electron chi connectivity index (χ3n) is 2.60. The SMILES string of the molecule is CCCN1C(=O)CSc2ccc(CO)cc21. The number of nitrogens with zero attached hydrogens (tertiary/aromatic N) is 1. The first-order chi connectivity index (χ1) is 7.76. The molecule has 0 saturated carbocycles. The molecule has 1 N–H and O–H groups in total. The molecule has 3 nitrogen and oxygen atoms in total. The molecule has 2 rings (SSSR count). The number of anilines is 1. The first kappa shape index (κ1) is 11.5. The van der Waals surface area contributed by atoms with Crippen molar-refractivity contribution in [2.45, 2.75) is 24.8 Å². The maximum Gasteiger partial charge on any atom is 0.237 e. The summed E-state index contributed by atoms with van der Waals surface area (Å²) in [6.07, 6.45) is 0.944. The van der Waals surface area contributed by atoms with Gasteiger partial charge in [-0.25, -0.2) is 0 Å². The van der Waals surface area contributed by atoms with E-state index in [1.807, 2.05) is 23.1 Å². The molecule has 0 atom stereocenters. The van der Waals surface area contributed by atoms with Crippen LogP contribution >= 0.6 is 11.8 Å². The molecular formula is C12H15NO2S. The topological polar surface area (TPSA) is 40.5 Å². The van der Waals surface area contributed by atoms with Crippen molar-refractivity contribution >= 4 is 23.4 Å². The van der Waals surface area contributed by atoms with E-state index in [1.165, 1.54) is 0 Å². The number of carbonyl (C=O) groups is 1. The molecule has 0 saturated heterocycles. The summed E-state index contributed by atoms with van der Waals surface area (Å²) >= 11 is 1.57. The van der Waals surface area contributed by atoms with Crippen LogP contribution in [-0.4, -0.2) is 23.3 Å². The van der Waals surface area contributed by atoms with Crippen LogP contribution in [-0.2, 0) is 11.4 Å². The Bertz CT molecular complexity index is 406. The standard InChI is InChI=1S/C12H15NO2S/c1-2-5-13-10-6-9(7-14)3-4-11(10)16-8-12(13)15/h3-4,6,14H,2,5,7-8H2,1H3. The van der Waals surface area contributed by atoms with Crippen molar-refractivity contribution < 1.29 is 9.90 Å². The number of amides is 1. The highest BCUT2D eigenvalue weighted by atomic mass is 32.2. The molecule has 1 aromatic carbocycles. The number of hydrogen-bond donors (Lipinski definition) is 1. The van der Waals surface area contributed by atoms with Crippen LogP contribution in [0.4, 0.5) is 5.69 Å². The van der Waals surface area contributed by atoms with Crippen molar-refractivity contribution in [2.75, 3.05) is 17.2 Å². The van der Waals surface area contributed by atoms with Gasteiger partial charge in [-0.3, -0.25) is 4.79 Å². The maximum absolute atomic E-state index is 11.8. The predicted octanol–water partition coefficient (Wildman–Crippen LogP) is 2.03. The molecule has 0 fully saturated rings. The van der Waals surface area contributed by atoms with E-state index in [0.29, 0.717) is 5.75 Å². The lowest BCUT2D eigenvalue weighted by molar-refractivity contribution is -0.116. The van der Waals surface area contributed by atoms with Crippen LogP contribution in [0.2, 0.25) is 0 Å². The third kappa shape index (κ3) is 2.08. The largest absolute Gasteiger partial charge is 0.392 e. The van der Waals surface area contributed by atoms with Crippen molar-refractivity contribution in [3.8, 4) is 0 Å². The summed E-state index contributed by atoms with van der Waals surface area (Å²) in [7, 11) is 0. The monoisotopic (exact) mass is 237 g/mol. The normalized spacial score (nSPS) is 15.1. The lowest BCUT2D eigenvalue weighted by atomic mass is 10.2. The summed E-state index contributed by atoms with van der Waals surface area (Å²) in [5, 5.41) is 9.11. The van der Waals surface area contributed by atoms with Gasteiger partial charge in [-0.05, 0) is 24.1 Å². The second-order valence-electron chi connectivity index (χ2n) is 3.79. The van der Waals surface area contributed by atoms with Crippen LogP contribution < -0.4 is 4.90 Å². The van der Waals surface area contributed by atoms with Crippen LogP contribution in [0.3, 0.4) is 0 Å². The average Bonchev–Trinajstić information content (AvgIpc) is 2.32. The fourth-order valence-corrected chi connectivity index (χ4v) is 2.73. The Morgan fingerprint density at radius 1 is 1.50 bits per heavy atom. The quantitative estimate of drug-likeness (QED) is 0.874. The zero-order chi connectivity index (χ0) is 11.5. The van der Waals surface area contributed by atoms with Crippen molar-refractivity contribution in [1.29, 1.82) is 0 Å². The van der Waals surface area contributed by atoms with Crippen LogP contribution in [0.15, 0.2) is 23.1 Å². The Hall–Kier alpha value is -1.00. The first-order valence-corrected chi connectivity index (χ1v) is 6.41. The second-order valence-corrected chi connectivity index (χ2v) is 4.81. The molecule has 16 heavy (non-hydrogen) atoms. The van der Waals surface area contributed by atoms with E-state index in [1.54, 1.807) is 11.8 Å². The summed E-state index contributed by atoms with van der Waals surface area (Å²) in [4.78, 5) is 14.7. The van der Waals surface area contributed by atoms with Gasteiger partial charge in [0, 0.05) is 11.4 Å². The van der Waals surface area contributed by atoms with E-state index in [2.05, 4.69) is 6.92 Å². The van der Waals surface area contributed by atoms with Gasteiger partial charge in [0.1, 0.15) is 0 Å². The molecule has 0 aromatic heterocycles. The van der Waals surface area contributed by atoms with Gasteiger partial charge in [-0.15, -0.1) is 11.8 Å². The van der Waals surface area contributed by atoms with Gasteiger partial charge in [0.15, 0.2) is 0 Å². The molecule has 0 unspecified atom stereocenters.